The Morgan fingerprint density at radius 1 is 1.43 bits per heavy atom. The van der Waals surface area contributed by atoms with Gasteiger partial charge in [0.05, 0.1) is 10.4 Å². The monoisotopic (exact) mass is 228 g/mol. The molecular formula is C9H6ClFN2S. The molecule has 0 atom stereocenters. The van der Waals surface area contributed by atoms with Crippen LogP contribution in [-0.2, 0) is 0 Å². The number of hydrogen-bond acceptors (Lipinski definition) is 3. The van der Waals surface area contributed by atoms with Crippen molar-refractivity contribution in [1.82, 2.24) is 4.98 Å². The molecule has 0 bridgehead atoms. The van der Waals surface area contributed by atoms with E-state index in [9.17, 15) is 4.39 Å². The quantitative estimate of drug-likeness (QED) is 0.814. The van der Waals surface area contributed by atoms with Crippen LogP contribution in [0.5, 0.6) is 0 Å². The summed E-state index contributed by atoms with van der Waals surface area (Å²) < 4.78 is 13.4. The topological polar surface area (TPSA) is 38.9 Å². The van der Waals surface area contributed by atoms with Crippen LogP contribution in [0.1, 0.15) is 0 Å². The largest absolute Gasteiger partial charge is 0.382 e. The summed E-state index contributed by atoms with van der Waals surface area (Å²) in [5.74, 6) is -0.0125. The van der Waals surface area contributed by atoms with Gasteiger partial charge in [0.15, 0.2) is 0 Å². The summed E-state index contributed by atoms with van der Waals surface area (Å²) in [5.41, 5.74) is 7.56. The van der Waals surface area contributed by atoms with Crippen LogP contribution in [0.2, 0.25) is 5.02 Å². The summed E-state index contributed by atoms with van der Waals surface area (Å²) in [4.78, 5) is 4.47. The number of thiazole rings is 1. The molecule has 0 fully saturated rings. The van der Waals surface area contributed by atoms with Crippen LogP contribution in [0.4, 0.5) is 10.2 Å². The number of hydrogen-bond donors (Lipinski definition) is 1. The van der Waals surface area contributed by atoms with E-state index in [0.717, 1.165) is 0 Å². The molecule has 0 saturated heterocycles. The fourth-order valence-electron chi connectivity index (χ4n) is 1.13. The van der Waals surface area contributed by atoms with Crippen molar-refractivity contribution in [2.75, 3.05) is 5.73 Å². The Balaban J connectivity index is 2.62. The molecule has 1 aromatic heterocycles. The maximum atomic E-state index is 13.4. The average Bonchev–Trinajstić information content (AvgIpc) is 2.56. The highest BCUT2D eigenvalue weighted by Crippen LogP contribution is 2.32. The van der Waals surface area contributed by atoms with Gasteiger partial charge in [-0.3, -0.25) is 0 Å². The lowest BCUT2D eigenvalue weighted by Gasteiger charge is -2.01. The highest BCUT2D eigenvalue weighted by atomic mass is 35.5. The first-order valence-corrected chi connectivity index (χ1v) is 5.08. The number of aromatic nitrogens is 1. The van der Waals surface area contributed by atoms with E-state index in [-0.39, 0.29) is 5.82 Å². The highest BCUT2D eigenvalue weighted by Gasteiger charge is 2.10. The molecule has 0 unspecified atom stereocenters. The number of nitrogen functional groups attached to an aromatic ring is 1. The molecule has 14 heavy (non-hydrogen) atoms. The van der Waals surface area contributed by atoms with Gasteiger partial charge in [-0.05, 0) is 18.2 Å². The second-order valence-corrected chi connectivity index (χ2v) is 3.98. The van der Waals surface area contributed by atoms with Gasteiger partial charge in [-0.2, -0.15) is 0 Å². The zero-order valence-corrected chi connectivity index (χ0v) is 8.57. The summed E-state index contributed by atoms with van der Waals surface area (Å²) in [5, 5.41) is 0.481. The van der Waals surface area contributed by atoms with Crippen LogP contribution in [0, 0.1) is 5.82 Å². The first kappa shape index (κ1) is 9.43. The molecule has 0 aliphatic rings. The van der Waals surface area contributed by atoms with Crippen LogP contribution in [0.3, 0.4) is 0 Å². The molecule has 0 amide bonds. The van der Waals surface area contributed by atoms with Gasteiger partial charge in [-0.1, -0.05) is 11.6 Å². The molecular weight excluding hydrogens is 223 g/mol. The lowest BCUT2D eigenvalue weighted by molar-refractivity contribution is 0.632. The van der Waals surface area contributed by atoms with Crippen molar-refractivity contribution in [2.45, 2.75) is 0 Å². The predicted molar refractivity (Wildman–Crippen MR) is 56.9 cm³/mol. The Labute approximate surface area is 89.2 Å². The third kappa shape index (κ3) is 1.58. The molecule has 2 rings (SSSR count). The van der Waals surface area contributed by atoms with Gasteiger partial charge < -0.3 is 5.73 Å². The van der Waals surface area contributed by atoms with E-state index in [4.69, 9.17) is 17.3 Å². The van der Waals surface area contributed by atoms with Crippen molar-refractivity contribution in [3.8, 4) is 10.4 Å². The number of nitrogens with zero attached hydrogens (tertiary/aromatic N) is 1. The SMILES string of the molecule is Nc1ncsc1-c1cc(Cl)ccc1F. The molecule has 0 aliphatic carbocycles. The Bertz CT molecular complexity index is 470. The molecule has 72 valence electrons. The highest BCUT2D eigenvalue weighted by molar-refractivity contribution is 7.13. The van der Waals surface area contributed by atoms with Gasteiger partial charge in [0.2, 0.25) is 0 Å². The van der Waals surface area contributed by atoms with Gasteiger partial charge in [0, 0.05) is 10.6 Å². The molecule has 0 spiro atoms. The molecule has 1 aromatic carbocycles. The molecule has 0 aliphatic heterocycles. The molecule has 2 N–H and O–H groups in total. The molecule has 0 saturated carbocycles. The molecule has 2 nitrogen and oxygen atoms in total. The normalized spacial score (nSPS) is 10.4. The predicted octanol–water partition coefficient (Wildman–Crippen LogP) is 3.18. The van der Waals surface area contributed by atoms with E-state index in [1.807, 2.05) is 0 Å². The van der Waals surface area contributed by atoms with Crippen LogP contribution in [-0.4, -0.2) is 4.98 Å². The summed E-state index contributed by atoms with van der Waals surface area (Å²) in [6.45, 7) is 0. The summed E-state index contributed by atoms with van der Waals surface area (Å²) in [7, 11) is 0. The number of nitrogens with two attached hydrogens (primary N) is 1. The van der Waals surface area contributed by atoms with Gasteiger partial charge >= 0.3 is 0 Å². The van der Waals surface area contributed by atoms with Gasteiger partial charge in [-0.15, -0.1) is 11.3 Å². The Kier molecular flexibility index (Phi) is 2.39. The molecule has 5 heteroatoms. The minimum atomic E-state index is -0.342. The van der Waals surface area contributed by atoms with Crippen LogP contribution in [0.25, 0.3) is 10.4 Å². The zero-order valence-electron chi connectivity index (χ0n) is 7.00. The molecule has 2 aromatic rings. The van der Waals surface area contributed by atoms with Crippen molar-refractivity contribution in [3.05, 3.63) is 34.5 Å². The standard InChI is InChI=1S/C9H6ClFN2S/c10-5-1-2-7(11)6(3-5)8-9(12)13-4-14-8/h1-4H,12H2. The maximum absolute atomic E-state index is 13.4. The van der Waals surface area contributed by atoms with Crippen molar-refractivity contribution < 1.29 is 4.39 Å². The third-order valence-corrected chi connectivity index (χ3v) is 2.88. The Morgan fingerprint density at radius 3 is 2.86 bits per heavy atom. The number of benzene rings is 1. The second-order valence-electron chi connectivity index (χ2n) is 2.69. The van der Waals surface area contributed by atoms with Crippen LogP contribution < -0.4 is 5.73 Å². The summed E-state index contributed by atoms with van der Waals surface area (Å²) in [6.07, 6.45) is 0. The second kappa shape index (κ2) is 3.55. The minimum Gasteiger partial charge on any atom is -0.382 e. The fraction of sp³-hybridized carbons (Fsp3) is 0. The van der Waals surface area contributed by atoms with Crippen molar-refractivity contribution in [2.24, 2.45) is 0 Å². The van der Waals surface area contributed by atoms with E-state index in [0.29, 0.717) is 21.3 Å². The van der Waals surface area contributed by atoms with E-state index >= 15 is 0 Å². The van der Waals surface area contributed by atoms with E-state index in [2.05, 4.69) is 4.98 Å². The van der Waals surface area contributed by atoms with Crippen molar-refractivity contribution in [1.29, 1.82) is 0 Å². The van der Waals surface area contributed by atoms with Gasteiger partial charge in [0.25, 0.3) is 0 Å². The minimum absolute atomic E-state index is 0.330. The van der Waals surface area contributed by atoms with E-state index in [1.54, 1.807) is 11.6 Å². The first-order chi connectivity index (χ1) is 6.68. The first-order valence-electron chi connectivity index (χ1n) is 3.83. The van der Waals surface area contributed by atoms with Crippen LogP contribution in [0.15, 0.2) is 23.7 Å². The summed E-state index contributed by atoms with van der Waals surface area (Å²) in [6, 6.07) is 4.36. The van der Waals surface area contributed by atoms with Gasteiger partial charge in [-0.25, -0.2) is 9.37 Å². The number of rotatable bonds is 1. The van der Waals surface area contributed by atoms with Crippen LogP contribution >= 0.6 is 22.9 Å². The lowest BCUT2D eigenvalue weighted by atomic mass is 10.2. The zero-order chi connectivity index (χ0) is 10.1. The molecule has 1 heterocycles. The Hall–Kier alpha value is -1.13. The fourth-order valence-corrected chi connectivity index (χ4v) is 2.03. The summed E-state index contributed by atoms with van der Waals surface area (Å²) >= 11 is 7.05. The third-order valence-electron chi connectivity index (χ3n) is 1.77. The maximum Gasteiger partial charge on any atom is 0.142 e. The van der Waals surface area contributed by atoms with Crippen molar-refractivity contribution in [3.63, 3.8) is 0 Å². The van der Waals surface area contributed by atoms with E-state index < -0.39 is 0 Å². The van der Waals surface area contributed by atoms with Crippen molar-refractivity contribution >= 4 is 28.8 Å². The number of anilines is 1. The van der Waals surface area contributed by atoms with Gasteiger partial charge in [0.1, 0.15) is 11.6 Å². The number of halogens is 2. The Morgan fingerprint density at radius 2 is 2.21 bits per heavy atom. The lowest BCUT2D eigenvalue weighted by Crippen LogP contribution is -1.89. The average molecular weight is 229 g/mol. The molecule has 0 radical (unpaired) electrons. The van der Waals surface area contributed by atoms with E-state index in [1.165, 1.54) is 23.5 Å². The smallest absolute Gasteiger partial charge is 0.142 e.